The smallest absolute Gasteiger partial charge is 0.125 e. The zero-order chi connectivity index (χ0) is 15.0. The predicted molar refractivity (Wildman–Crippen MR) is 82.4 cm³/mol. The number of rotatable bonds is 2. The number of nitrogens with one attached hydrogen (secondary N) is 1. The van der Waals surface area contributed by atoms with Gasteiger partial charge in [-0.3, -0.25) is 0 Å². The van der Waals surface area contributed by atoms with Crippen molar-refractivity contribution in [2.45, 2.75) is 18.5 Å². The molecule has 0 spiro atoms. The van der Waals surface area contributed by atoms with E-state index in [0.717, 1.165) is 16.7 Å². The lowest BCUT2D eigenvalue weighted by atomic mass is 9.87. The largest absolute Gasteiger partial charge is 0.395 e. The lowest BCUT2D eigenvalue weighted by Crippen LogP contribution is -2.42. The van der Waals surface area contributed by atoms with Gasteiger partial charge in [-0.15, -0.1) is 0 Å². The van der Waals surface area contributed by atoms with Crippen molar-refractivity contribution in [3.63, 3.8) is 0 Å². The Hall–Kier alpha value is -1.13. The maximum absolute atomic E-state index is 13.6. The summed E-state index contributed by atoms with van der Waals surface area (Å²) >= 11 is 12.0. The van der Waals surface area contributed by atoms with Gasteiger partial charge in [0.1, 0.15) is 5.82 Å². The van der Waals surface area contributed by atoms with Gasteiger partial charge in [0, 0.05) is 16.1 Å². The summed E-state index contributed by atoms with van der Waals surface area (Å²) in [4.78, 5) is 0. The van der Waals surface area contributed by atoms with E-state index in [9.17, 15) is 9.50 Å². The first-order valence-electron chi connectivity index (χ1n) is 6.68. The van der Waals surface area contributed by atoms with Gasteiger partial charge in [-0.25, -0.2) is 4.39 Å². The van der Waals surface area contributed by atoms with E-state index in [1.165, 1.54) is 12.1 Å². The van der Waals surface area contributed by atoms with Crippen LogP contribution in [0.15, 0.2) is 36.4 Å². The van der Waals surface area contributed by atoms with Crippen LogP contribution in [0.1, 0.15) is 22.7 Å². The van der Waals surface area contributed by atoms with Crippen molar-refractivity contribution in [1.29, 1.82) is 0 Å². The molecule has 110 valence electrons. The zero-order valence-electron chi connectivity index (χ0n) is 11.1. The first-order chi connectivity index (χ1) is 10.1. The summed E-state index contributed by atoms with van der Waals surface area (Å²) in [6, 6.07) is 9.81. The normalized spacial score (nSPS) is 21.1. The molecule has 2 aromatic carbocycles. The lowest BCUT2D eigenvalue weighted by molar-refractivity contribution is 0.229. The molecule has 5 heteroatoms. The molecule has 0 fully saturated rings. The van der Waals surface area contributed by atoms with Crippen molar-refractivity contribution < 1.29 is 9.50 Å². The number of hydrogen-bond donors (Lipinski definition) is 2. The Morgan fingerprint density at radius 3 is 2.67 bits per heavy atom. The zero-order valence-corrected chi connectivity index (χ0v) is 12.6. The van der Waals surface area contributed by atoms with E-state index >= 15 is 0 Å². The van der Waals surface area contributed by atoms with E-state index < -0.39 is 0 Å². The molecule has 2 N–H and O–H groups in total. The molecule has 2 nitrogen and oxygen atoms in total. The highest BCUT2D eigenvalue weighted by Crippen LogP contribution is 2.33. The van der Waals surface area contributed by atoms with Crippen LogP contribution in [0.4, 0.5) is 4.39 Å². The quantitative estimate of drug-likeness (QED) is 0.881. The van der Waals surface area contributed by atoms with E-state index in [2.05, 4.69) is 5.32 Å². The van der Waals surface area contributed by atoms with Gasteiger partial charge < -0.3 is 10.4 Å². The van der Waals surface area contributed by atoms with Crippen LogP contribution in [-0.4, -0.2) is 17.8 Å². The Kier molecular flexibility index (Phi) is 4.18. The molecule has 0 radical (unpaired) electrons. The number of halogens is 3. The van der Waals surface area contributed by atoms with Crippen LogP contribution in [-0.2, 0) is 6.42 Å². The van der Waals surface area contributed by atoms with Gasteiger partial charge in [0.15, 0.2) is 0 Å². The van der Waals surface area contributed by atoms with Crippen LogP contribution in [0.3, 0.4) is 0 Å². The van der Waals surface area contributed by atoms with Gasteiger partial charge in [0.2, 0.25) is 0 Å². The van der Waals surface area contributed by atoms with Crippen LogP contribution in [0.5, 0.6) is 0 Å². The molecular weight excluding hydrogens is 312 g/mol. The highest BCUT2D eigenvalue weighted by Gasteiger charge is 2.27. The first-order valence-corrected chi connectivity index (χ1v) is 7.43. The van der Waals surface area contributed by atoms with Crippen LogP contribution < -0.4 is 5.32 Å². The first kappa shape index (κ1) is 14.8. The highest BCUT2D eigenvalue weighted by atomic mass is 35.5. The number of benzene rings is 2. The fourth-order valence-electron chi connectivity index (χ4n) is 2.82. The molecule has 0 saturated heterocycles. The van der Waals surface area contributed by atoms with Crippen LogP contribution in [0, 0.1) is 5.82 Å². The monoisotopic (exact) mass is 325 g/mol. The molecule has 0 amide bonds. The lowest BCUT2D eigenvalue weighted by Gasteiger charge is -2.33. The van der Waals surface area contributed by atoms with Gasteiger partial charge in [0.05, 0.1) is 12.6 Å². The van der Waals surface area contributed by atoms with Gasteiger partial charge in [-0.2, -0.15) is 0 Å². The molecule has 1 aliphatic heterocycles. The number of aliphatic hydroxyl groups is 1. The van der Waals surface area contributed by atoms with Crippen LogP contribution >= 0.6 is 23.2 Å². The third kappa shape index (κ3) is 3.06. The van der Waals surface area contributed by atoms with Crippen LogP contribution in [0.25, 0.3) is 0 Å². The molecule has 1 aliphatic rings. The van der Waals surface area contributed by atoms with Gasteiger partial charge >= 0.3 is 0 Å². The fraction of sp³-hybridized carbons (Fsp3) is 0.250. The van der Waals surface area contributed by atoms with Crippen molar-refractivity contribution >= 4 is 23.2 Å². The molecule has 0 unspecified atom stereocenters. The molecule has 0 aromatic heterocycles. The molecule has 3 rings (SSSR count). The minimum atomic E-state index is -0.374. The summed E-state index contributed by atoms with van der Waals surface area (Å²) in [7, 11) is 0. The van der Waals surface area contributed by atoms with Crippen molar-refractivity contribution in [2.75, 3.05) is 6.61 Å². The van der Waals surface area contributed by atoms with Gasteiger partial charge in [0.25, 0.3) is 0 Å². The standard InChI is InChI=1S/C16H14Cl2FNO/c17-11-1-2-15-9(3-11)6-14(8-21)20-16(15)10-4-12(18)7-13(19)5-10/h1-5,7,14,16,20-21H,6,8H2/t14-,16-/m0/s1. The van der Waals surface area contributed by atoms with Crippen LogP contribution in [0.2, 0.25) is 10.0 Å². The van der Waals surface area contributed by atoms with Gasteiger partial charge in [-0.1, -0.05) is 29.3 Å². The molecular formula is C16H14Cl2FNO. The molecule has 0 saturated carbocycles. The average molecular weight is 326 g/mol. The Morgan fingerprint density at radius 2 is 1.95 bits per heavy atom. The third-order valence-electron chi connectivity index (χ3n) is 3.72. The summed E-state index contributed by atoms with van der Waals surface area (Å²) in [6.07, 6.45) is 0.686. The number of hydrogen-bond acceptors (Lipinski definition) is 2. The van der Waals surface area contributed by atoms with E-state index in [1.54, 1.807) is 6.07 Å². The fourth-order valence-corrected chi connectivity index (χ4v) is 3.24. The highest BCUT2D eigenvalue weighted by molar-refractivity contribution is 6.31. The predicted octanol–water partition coefficient (Wildman–Crippen LogP) is 3.73. The summed E-state index contributed by atoms with van der Waals surface area (Å²) in [6.45, 7) is 0.00546. The van der Waals surface area contributed by atoms with Crippen molar-refractivity contribution in [3.05, 3.63) is 69.0 Å². The Balaban J connectivity index is 2.09. The van der Waals surface area contributed by atoms with Crippen molar-refractivity contribution in [1.82, 2.24) is 5.32 Å². The summed E-state index contributed by atoms with van der Waals surface area (Å²) in [5, 5.41) is 13.8. The van der Waals surface area contributed by atoms with E-state index in [-0.39, 0.29) is 24.5 Å². The maximum Gasteiger partial charge on any atom is 0.125 e. The molecule has 1 heterocycles. The second-order valence-corrected chi connectivity index (χ2v) is 6.10. The molecule has 21 heavy (non-hydrogen) atoms. The van der Waals surface area contributed by atoms with Gasteiger partial charge in [-0.05, 0) is 53.4 Å². The maximum atomic E-state index is 13.6. The Morgan fingerprint density at radius 1 is 1.14 bits per heavy atom. The molecule has 2 aromatic rings. The average Bonchev–Trinajstić information content (AvgIpc) is 2.44. The Labute approximate surface area is 132 Å². The van der Waals surface area contributed by atoms with E-state index in [4.69, 9.17) is 23.2 Å². The second-order valence-electron chi connectivity index (χ2n) is 5.23. The number of fused-ring (bicyclic) bond motifs is 1. The molecule has 0 bridgehead atoms. The summed E-state index contributed by atoms with van der Waals surface area (Å²) in [5.74, 6) is -0.374. The molecule has 0 aliphatic carbocycles. The third-order valence-corrected chi connectivity index (χ3v) is 4.18. The topological polar surface area (TPSA) is 32.3 Å². The SMILES string of the molecule is OC[C@@H]1Cc2cc(Cl)ccc2[C@H](c2cc(F)cc(Cl)c2)N1. The van der Waals surface area contributed by atoms with E-state index in [1.807, 2.05) is 18.2 Å². The minimum absolute atomic E-state index is 0.00546. The second kappa shape index (κ2) is 5.93. The van der Waals surface area contributed by atoms with E-state index in [0.29, 0.717) is 16.5 Å². The Bertz CT molecular complexity index is 657. The summed E-state index contributed by atoms with van der Waals surface area (Å²) < 4.78 is 13.6. The minimum Gasteiger partial charge on any atom is -0.395 e. The number of aliphatic hydroxyl groups excluding tert-OH is 1. The molecule has 2 atom stereocenters. The van der Waals surface area contributed by atoms with Crippen molar-refractivity contribution in [2.24, 2.45) is 0 Å². The van der Waals surface area contributed by atoms with Crippen molar-refractivity contribution in [3.8, 4) is 0 Å². The summed E-state index contributed by atoms with van der Waals surface area (Å²) in [5.41, 5.74) is 2.83.